The van der Waals surface area contributed by atoms with Crippen LogP contribution in [0.4, 0.5) is 5.82 Å². The summed E-state index contributed by atoms with van der Waals surface area (Å²) in [7, 11) is 0. The van der Waals surface area contributed by atoms with Gasteiger partial charge in [-0.25, -0.2) is 0 Å². The van der Waals surface area contributed by atoms with Crippen LogP contribution in [0.25, 0.3) is 0 Å². The Morgan fingerprint density at radius 2 is 2.33 bits per heavy atom. The smallest absolute Gasteiger partial charge is 0.346 e. The molecule has 1 aromatic heterocycles. The van der Waals surface area contributed by atoms with E-state index in [9.17, 15) is 10.1 Å². The molecule has 0 saturated carbocycles. The van der Waals surface area contributed by atoms with Gasteiger partial charge in [-0.15, -0.1) is 4.68 Å². The van der Waals surface area contributed by atoms with Crippen molar-refractivity contribution in [1.82, 2.24) is 9.78 Å². The van der Waals surface area contributed by atoms with Crippen LogP contribution in [0.2, 0.25) is 0 Å². The number of aromatic nitrogens is 2. The lowest BCUT2D eigenvalue weighted by Crippen LogP contribution is -2.06. The summed E-state index contributed by atoms with van der Waals surface area (Å²) in [4.78, 5) is 10.0. The van der Waals surface area contributed by atoms with Crippen molar-refractivity contribution < 1.29 is 4.92 Å². The van der Waals surface area contributed by atoms with Gasteiger partial charge in [0.1, 0.15) is 6.04 Å². The summed E-state index contributed by atoms with van der Waals surface area (Å²) in [6, 6.07) is 1.39. The molecule has 0 fully saturated rings. The van der Waals surface area contributed by atoms with Crippen molar-refractivity contribution >= 4 is 21.7 Å². The molecular formula is C6H8BrN3O2. The second-order valence-corrected chi connectivity index (χ2v) is 3.43. The van der Waals surface area contributed by atoms with E-state index in [-0.39, 0.29) is 11.9 Å². The standard InChI is InChI=1S/C6H8BrN3O2/c1-4(2)9-6(10(11)12)3-5(7)8-9/h3-4H,1-2H3. The van der Waals surface area contributed by atoms with Crippen molar-refractivity contribution in [3.05, 3.63) is 20.8 Å². The lowest BCUT2D eigenvalue weighted by atomic mass is 10.4. The Bertz CT molecular complexity index is 308. The molecule has 0 bridgehead atoms. The third-order valence-corrected chi connectivity index (χ3v) is 1.75. The average Bonchev–Trinajstić information content (AvgIpc) is 2.31. The van der Waals surface area contributed by atoms with Crippen LogP contribution in [-0.2, 0) is 0 Å². The van der Waals surface area contributed by atoms with E-state index < -0.39 is 4.92 Å². The van der Waals surface area contributed by atoms with Gasteiger partial charge >= 0.3 is 5.82 Å². The Labute approximate surface area is 77.7 Å². The Morgan fingerprint density at radius 1 is 1.75 bits per heavy atom. The maximum Gasteiger partial charge on any atom is 0.346 e. The molecule has 0 N–H and O–H groups in total. The first-order valence-electron chi connectivity index (χ1n) is 3.42. The minimum atomic E-state index is -0.447. The van der Waals surface area contributed by atoms with Gasteiger partial charge in [-0.3, -0.25) is 0 Å². The van der Waals surface area contributed by atoms with E-state index in [4.69, 9.17) is 0 Å². The fourth-order valence-electron chi connectivity index (χ4n) is 0.872. The van der Waals surface area contributed by atoms with Crippen molar-refractivity contribution in [3.8, 4) is 0 Å². The van der Waals surface area contributed by atoms with E-state index in [2.05, 4.69) is 21.0 Å². The van der Waals surface area contributed by atoms with Crippen LogP contribution in [0.15, 0.2) is 10.7 Å². The van der Waals surface area contributed by atoms with Crippen LogP contribution < -0.4 is 0 Å². The van der Waals surface area contributed by atoms with E-state index in [1.54, 1.807) is 0 Å². The topological polar surface area (TPSA) is 61.0 Å². The molecule has 5 nitrogen and oxygen atoms in total. The molecule has 0 aliphatic carbocycles. The van der Waals surface area contributed by atoms with Gasteiger partial charge in [-0.2, -0.15) is 0 Å². The Kier molecular flexibility index (Phi) is 2.46. The van der Waals surface area contributed by atoms with E-state index in [1.807, 2.05) is 13.8 Å². The summed E-state index contributed by atoms with van der Waals surface area (Å²) in [6.07, 6.45) is 0. The van der Waals surface area contributed by atoms with Crippen molar-refractivity contribution in [1.29, 1.82) is 0 Å². The van der Waals surface area contributed by atoms with Crippen LogP contribution in [0.3, 0.4) is 0 Å². The highest BCUT2D eigenvalue weighted by Crippen LogP contribution is 2.21. The fraction of sp³-hybridized carbons (Fsp3) is 0.500. The van der Waals surface area contributed by atoms with Crippen molar-refractivity contribution in [3.63, 3.8) is 0 Å². The second-order valence-electron chi connectivity index (χ2n) is 2.62. The molecule has 0 radical (unpaired) electrons. The predicted molar refractivity (Wildman–Crippen MR) is 47.0 cm³/mol. The quantitative estimate of drug-likeness (QED) is 0.581. The van der Waals surface area contributed by atoms with E-state index in [0.29, 0.717) is 4.60 Å². The van der Waals surface area contributed by atoms with E-state index in [0.717, 1.165) is 0 Å². The fourth-order valence-corrected chi connectivity index (χ4v) is 1.25. The zero-order chi connectivity index (χ0) is 9.30. The second kappa shape index (κ2) is 3.22. The van der Waals surface area contributed by atoms with Crippen molar-refractivity contribution in [2.45, 2.75) is 19.9 Å². The first-order valence-corrected chi connectivity index (χ1v) is 4.21. The number of hydrogen-bond acceptors (Lipinski definition) is 3. The molecule has 0 amide bonds. The van der Waals surface area contributed by atoms with Gasteiger partial charge in [0.2, 0.25) is 0 Å². The largest absolute Gasteiger partial charge is 0.358 e. The summed E-state index contributed by atoms with van der Waals surface area (Å²) in [5, 5.41) is 14.4. The van der Waals surface area contributed by atoms with Crippen LogP contribution in [-0.4, -0.2) is 14.7 Å². The number of rotatable bonds is 2. The number of halogens is 1. The molecule has 0 unspecified atom stereocenters. The minimum Gasteiger partial charge on any atom is -0.358 e. The van der Waals surface area contributed by atoms with Gasteiger partial charge in [0.25, 0.3) is 0 Å². The molecule has 1 rings (SSSR count). The maximum atomic E-state index is 10.5. The molecule has 0 spiro atoms. The molecule has 0 aliphatic rings. The van der Waals surface area contributed by atoms with E-state index >= 15 is 0 Å². The molecule has 0 saturated heterocycles. The highest BCUT2D eigenvalue weighted by atomic mass is 79.9. The first kappa shape index (κ1) is 9.18. The van der Waals surface area contributed by atoms with Gasteiger partial charge in [0, 0.05) is 0 Å². The number of hydrogen-bond donors (Lipinski definition) is 0. The third kappa shape index (κ3) is 1.63. The minimum absolute atomic E-state index is 0.00306. The molecule has 12 heavy (non-hydrogen) atoms. The van der Waals surface area contributed by atoms with Gasteiger partial charge in [-0.05, 0) is 34.7 Å². The van der Waals surface area contributed by atoms with Crippen LogP contribution in [0, 0.1) is 10.1 Å². The van der Waals surface area contributed by atoms with Crippen molar-refractivity contribution in [2.24, 2.45) is 0 Å². The molecule has 1 heterocycles. The summed E-state index contributed by atoms with van der Waals surface area (Å²) >= 11 is 3.08. The molecule has 66 valence electrons. The zero-order valence-corrected chi connectivity index (χ0v) is 8.28. The van der Waals surface area contributed by atoms with Gasteiger partial charge in [-0.1, -0.05) is 5.10 Å². The monoisotopic (exact) mass is 233 g/mol. The van der Waals surface area contributed by atoms with Gasteiger partial charge < -0.3 is 10.1 Å². The lowest BCUT2D eigenvalue weighted by Gasteiger charge is -2.00. The van der Waals surface area contributed by atoms with Crippen LogP contribution in [0.5, 0.6) is 0 Å². The average molecular weight is 234 g/mol. The Hall–Kier alpha value is -0.910. The van der Waals surface area contributed by atoms with E-state index in [1.165, 1.54) is 10.7 Å². The summed E-state index contributed by atoms with van der Waals surface area (Å²) < 4.78 is 1.85. The Morgan fingerprint density at radius 3 is 2.67 bits per heavy atom. The molecule has 1 aromatic rings. The SMILES string of the molecule is CC(C)n1nc(Br)cc1[N+](=O)[O-]. The first-order chi connectivity index (χ1) is 5.52. The molecule has 0 aliphatic heterocycles. The molecule has 6 heteroatoms. The zero-order valence-electron chi connectivity index (χ0n) is 6.69. The lowest BCUT2D eigenvalue weighted by molar-refractivity contribution is -0.393. The van der Waals surface area contributed by atoms with Crippen molar-refractivity contribution in [2.75, 3.05) is 0 Å². The summed E-state index contributed by atoms with van der Waals surface area (Å²) in [5.74, 6) is 0.0110. The van der Waals surface area contributed by atoms with Gasteiger partial charge in [0.15, 0.2) is 4.60 Å². The molecule has 0 atom stereocenters. The van der Waals surface area contributed by atoms with Crippen LogP contribution >= 0.6 is 15.9 Å². The number of nitrogens with zero attached hydrogens (tertiary/aromatic N) is 3. The highest BCUT2D eigenvalue weighted by Gasteiger charge is 2.19. The van der Waals surface area contributed by atoms with Crippen LogP contribution in [0.1, 0.15) is 19.9 Å². The normalized spacial score (nSPS) is 10.7. The molecular weight excluding hydrogens is 226 g/mol. The Balaban J connectivity index is 3.17. The highest BCUT2D eigenvalue weighted by molar-refractivity contribution is 9.10. The summed E-state index contributed by atoms with van der Waals surface area (Å²) in [6.45, 7) is 3.68. The van der Waals surface area contributed by atoms with Gasteiger partial charge in [0.05, 0.1) is 6.07 Å². The maximum absolute atomic E-state index is 10.5. The molecule has 0 aromatic carbocycles. The third-order valence-electron chi connectivity index (χ3n) is 1.36. The predicted octanol–water partition coefficient (Wildman–Crippen LogP) is 2.13. The summed E-state index contributed by atoms with van der Waals surface area (Å²) in [5.41, 5.74) is 0. The number of nitro groups is 1.